The molecule has 0 bridgehead atoms. The molecule has 0 aromatic heterocycles. The van der Waals surface area contributed by atoms with Gasteiger partial charge < -0.3 is 13.3 Å². The summed E-state index contributed by atoms with van der Waals surface area (Å²) < 4.78 is 17.6. The molecule has 3 nitrogen and oxygen atoms in total. The van der Waals surface area contributed by atoms with E-state index in [1.54, 1.807) is 0 Å². The number of hydrogen-bond acceptors (Lipinski definition) is 4. The smallest absolute Gasteiger partial charge is 0.374 e. The van der Waals surface area contributed by atoms with Crippen LogP contribution < -0.4 is 0 Å². The highest BCUT2D eigenvalue weighted by Gasteiger charge is 2.39. The largest absolute Gasteiger partial charge is 0.501 e. The second kappa shape index (κ2) is 15.3. The maximum atomic E-state index is 5.86. The minimum atomic E-state index is -2.40. The standard InChI is InChI=1S/C16H36O3SSi/c1-5-9-10-11-12-13-14-20-15-16-21(17-6-2,18-7-3)19-8-4/h5-16H2,1-4H3. The summed E-state index contributed by atoms with van der Waals surface area (Å²) in [5.74, 6) is 2.34. The third kappa shape index (κ3) is 11.6. The maximum absolute atomic E-state index is 5.86. The van der Waals surface area contributed by atoms with Crippen molar-refractivity contribution in [2.75, 3.05) is 31.3 Å². The molecule has 0 saturated heterocycles. The van der Waals surface area contributed by atoms with Crippen molar-refractivity contribution in [1.82, 2.24) is 0 Å². The van der Waals surface area contributed by atoms with Crippen LogP contribution in [0.15, 0.2) is 0 Å². The number of unbranched alkanes of at least 4 members (excludes halogenated alkanes) is 5. The van der Waals surface area contributed by atoms with E-state index in [1.165, 1.54) is 44.3 Å². The molecular weight excluding hydrogens is 300 g/mol. The van der Waals surface area contributed by atoms with Crippen LogP contribution in [-0.4, -0.2) is 40.1 Å². The first-order chi connectivity index (χ1) is 10.2. The Labute approximate surface area is 137 Å². The Hall–Kier alpha value is 0.447. The summed E-state index contributed by atoms with van der Waals surface area (Å²) in [6.07, 6.45) is 8.21. The zero-order valence-corrected chi connectivity index (χ0v) is 16.4. The SMILES string of the molecule is CCCCCCCCSCC[Si](OCC)(OCC)OCC. The molecule has 0 aliphatic rings. The summed E-state index contributed by atoms with van der Waals surface area (Å²) in [4.78, 5) is 0. The third-order valence-corrected chi connectivity index (χ3v) is 7.77. The lowest BCUT2D eigenvalue weighted by Gasteiger charge is -2.28. The predicted octanol–water partition coefficient (Wildman–Crippen LogP) is 5.13. The quantitative estimate of drug-likeness (QED) is 0.288. The van der Waals surface area contributed by atoms with E-state index in [9.17, 15) is 0 Å². The lowest BCUT2D eigenvalue weighted by atomic mass is 10.1. The van der Waals surface area contributed by atoms with Crippen molar-refractivity contribution in [2.45, 2.75) is 72.3 Å². The van der Waals surface area contributed by atoms with Crippen LogP contribution in [0.25, 0.3) is 0 Å². The molecule has 21 heavy (non-hydrogen) atoms. The second-order valence-electron chi connectivity index (χ2n) is 5.11. The van der Waals surface area contributed by atoms with Crippen molar-refractivity contribution < 1.29 is 13.3 Å². The van der Waals surface area contributed by atoms with E-state index in [2.05, 4.69) is 6.92 Å². The highest BCUT2D eigenvalue weighted by Crippen LogP contribution is 2.20. The number of thioether (sulfide) groups is 1. The van der Waals surface area contributed by atoms with Crippen LogP contribution in [0.2, 0.25) is 6.04 Å². The molecule has 0 aromatic rings. The lowest BCUT2D eigenvalue weighted by Crippen LogP contribution is -2.46. The molecule has 0 aliphatic carbocycles. The molecule has 5 heteroatoms. The highest BCUT2D eigenvalue weighted by molar-refractivity contribution is 7.99. The van der Waals surface area contributed by atoms with E-state index in [1.807, 2.05) is 32.5 Å². The van der Waals surface area contributed by atoms with Crippen LogP contribution >= 0.6 is 11.8 Å². The van der Waals surface area contributed by atoms with Gasteiger partial charge in [-0.3, -0.25) is 0 Å². The molecule has 0 radical (unpaired) electrons. The Bertz CT molecular complexity index is 201. The molecule has 0 saturated carbocycles. The average Bonchev–Trinajstić information content (AvgIpc) is 2.46. The topological polar surface area (TPSA) is 27.7 Å². The summed E-state index contributed by atoms with van der Waals surface area (Å²) in [6.45, 7) is 10.3. The predicted molar refractivity (Wildman–Crippen MR) is 96.1 cm³/mol. The molecule has 0 spiro atoms. The van der Waals surface area contributed by atoms with Gasteiger partial charge >= 0.3 is 8.80 Å². The fourth-order valence-corrected chi connectivity index (χ4v) is 6.48. The molecular formula is C16H36O3SSi. The van der Waals surface area contributed by atoms with Crippen molar-refractivity contribution >= 4 is 20.6 Å². The van der Waals surface area contributed by atoms with Gasteiger partial charge in [0.1, 0.15) is 0 Å². The first kappa shape index (κ1) is 21.4. The van der Waals surface area contributed by atoms with Crippen molar-refractivity contribution in [1.29, 1.82) is 0 Å². The Balaban J connectivity index is 3.76. The van der Waals surface area contributed by atoms with Gasteiger partial charge in [0.15, 0.2) is 0 Å². The summed E-state index contributed by atoms with van der Waals surface area (Å²) in [5.41, 5.74) is 0. The van der Waals surface area contributed by atoms with Gasteiger partial charge in [0.2, 0.25) is 0 Å². The minimum Gasteiger partial charge on any atom is -0.374 e. The first-order valence-electron chi connectivity index (χ1n) is 8.74. The van der Waals surface area contributed by atoms with E-state index in [0.717, 1.165) is 11.8 Å². The van der Waals surface area contributed by atoms with Crippen LogP contribution in [0.4, 0.5) is 0 Å². The van der Waals surface area contributed by atoms with E-state index < -0.39 is 8.80 Å². The van der Waals surface area contributed by atoms with Crippen LogP contribution in [0.3, 0.4) is 0 Å². The Kier molecular flexibility index (Phi) is 15.7. The zero-order valence-electron chi connectivity index (χ0n) is 14.6. The molecule has 0 aromatic carbocycles. The minimum absolute atomic E-state index is 0.675. The molecule has 0 heterocycles. The molecule has 0 N–H and O–H groups in total. The van der Waals surface area contributed by atoms with E-state index in [-0.39, 0.29) is 0 Å². The molecule has 0 amide bonds. The van der Waals surface area contributed by atoms with E-state index >= 15 is 0 Å². The summed E-state index contributed by atoms with van der Waals surface area (Å²) in [6, 6.07) is 0.934. The van der Waals surface area contributed by atoms with Crippen molar-refractivity contribution in [3.05, 3.63) is 0 Å². The second-order valence-corrected chi connectivity index (χ2v) is 9.07. The van der Waals surface area contributed by atoms with Crippen molar-refractivity contribution in [2.24, 2.45) is 0 Å². The maximum Gasteiger partial charge on any atom is 0.501 e. The summed E-state index contributed by atoms with van der Waals surface area (Å²) in [5, 5.41) is 0. The van der Waals surface area contributed by atoms with Gasteiger partial charge in [-0.25, -0.2) is 0 Å². The molecule has 0 unspecified atom stereocenters. The molecule has 0 atom stereocenters. The average molecular weight is 337 g/mol. The van der Waals surface area contributed by atoms with Crippen LogP contribution in [0, 0.1) is 0 Å². The number of rotatable bonds is 16. The first-order valence-corrected chi connectivity index (χ1v) is 11.8. The molecule has 128 valence electrons. The van der Waals surface area contributed by atoms with Crippen LogP contribution in [-0.2, 0) is 13.3 Å². The van der Waals surface area contributed by atoms with Gasteiger partial charge in [0.05, 0.1) is 0 Å². The molecule has 0 aliphatic heterocycles. The highest BCUT2D eigenvalue weighted by atomic mass is 32.2. The Morgan fingerprint density at radius 2 is 1.19 bits per heavy atom. The normalized spacial score (nSPS) is 12.0. The molecule has 0 rings (SSSR count). The van der Waals surface area contributed by atoms with E-state index in [4.69, 9.17) is 13.3 Å². The summed E-state index contributed by atoms with van der Waals surface area (Å²) in [7, 11) is -2.40. The van der Waals surface area contributed by atoms with Gasteiger partial charge in [0, 0.05) is 25.9 Å². The lowest BCUT2D eigenvalue weighted by molar-refractivity contribution is 0.0728. The van der Waals surface area contributed by atoms with E-state index in [0.29, 0.717) is 19.8 Å². The van der Waals surface area contributed by atoms with Gasteiger partial charge in [0.25, 0.3) is 0 Å². The number of hydrogen-bond donors (Lipinski definition) is 0. The van der Waals surface area contributed by atoms with Crippen molar-refractivity contribution in [3.63, 3.8) is 0 Å². The van der Waals surface area contributed by atoms with Gasteiger partial charge in [-0.1, -0.05) is 39.0 Å². The fraction of sp³-hybridized carbons (Fsp3) is 1.00. The fourth-order valence-electron chi connectivity index (χ4n) is 2.28. The Morgan fingerprint density at radius 1 is 0.667 bits per heavy atom. The van der Waals surface area contributed by atoms with Gasteiger partial charge in [-0.15, -0.1) is 0 Å². The van der Waals surface area contributed by atoms with Crippen LogP contribution in [0.5, 0.6) is 0 Å². The zero-order chi connectivity index (χ0) is 15.8. The molecule has 0 fully saturated rings. The van der Waals surface area contributed by atoms with Crippen LogP contribution in [0.1, 0.15) is 66.2 Å². The van der Waals surface area contributed by atoms with Gasteiger partial charge in [-0.2, -0.15) is 11.8 Å². The third-order valence-electron chi connectivity index (χ3n) is 3.29. The summed E-state index contributed by atoms with van der Waals surface area (Å²) >= 11 is 2.02. The Morgan fingerprint density at radius 3 is 1.71 bits per heavy atom. The van der Waals surface area contributed by atoms with Gasteiger partial charge in [-0.05, 0) is 38.7 Å². The monoisotopic (exact) mass is 336 g/mol. The van der Waals surface area contributed by atoms with Crippen molar-refractivity contribution in [3.8, 4) is 0 Å².